The first-order chi connectivity index (χ1) is 12.1. The molecule has 4 N–H and O–H groups in total. The summed E-state index contributed by atoms with van der Waals surface area (Å²) in [5, 5.41) is 11.6. The molecule has 0 heterocycles. The molecule has 0 aliphatic rings. The number of benzene rings is 2. The second-order valence-corrected chi connectivity index (χ2v) is 8.25. The molecule has 2 aromatic carbocycles. The Morgan fingerprint density at radius 3 is 2.12 bits per heavy atom. The van der Waals surface area contributed by atoms with Crippen molar-refractivity contribution < 1.29 is 13.2 Å². The normalized spacial score (nSPS) is 13.7. The molecular weight excluding hydrogens is 397 g/mol. The van der Waals surface area contributed by atoms with Crippen LogP contribution >= 0.6 is 23.2 Å². The van der Waals surface area contributed by atoms with E-state index in [4.69, 9.17) is 28.3 Å². The Labute approximate surface area is 162 Å². The summed E-state index contributed by atoms with van der Waals surface area (Å²) in [5.74, 6) is 0. The van der Waals surface area contributed by atoms with Crippen molar-refractivity contribution in [2.45, 2.75) is 30.8 Å². The van der Waals surface area contributed by atoms with E-state index in [1.807, 2.05) is 0 Å². The first-order valence-corrected chi connectivity index (χ1v) is 10.0. The Morgan fingerprint density at radius 2 is 1.58 bits per heavy atom. The van der Waals surface area contributed by atoms with Gasteiger partial charge in [0, 0.05) is 10.0 Å². The van der Waals surface area contributed by atoms with E-state index < -0.39 is 10.0 Å². The fraction of sp³-hybridized carbons (Fsp3) is 0.235. The van der Waals surface area contributed by atoms with Gasteiger partial charge in [-0.1, -0.05) is 41.4 Å². The Balaban J connectivity index is 2.00. The summed E-state index contributed by atoms with van der Waals surface area (Å²) in [6.45, 7) is 3.59. The summed E-state index contributed by atoms with van der Waals surface area (Å²) in [6.07, 6.45) is 0. The van der Waals surface area contributed by atoms with Crippen LogP contribution in [0.2, 0.25) is 10.0 Å². The number of hydrogen-bond donors (Lipinski definition) is 3. The zero-order chi connectivity index (χ0) is 19.5. The number of primary sulfonamides is 1. The summed E-state index contributed by atoms with van der Waals surface area (Å²) in [5.41, 5.74) is 1.49. The van der Waals surface area contributed by atoms with E-state index in [1.54, 1.807) is 44.2 Å². The van der Waals surface area contributed by atoms with Gasteiger partial charge in [-0.3, -0.25) is 0 Å². The van der Waals surface area contributed by atoms with E-state index in [0.717, 1.165) is 11.1 Å². The van der Waals surface area contributed by atoms with Gasteiger partial charge >= 0.3 is 6.03 Å². The van der Waals surface area contributed by atoms with Crippen LogP contribution in [0.4, 0.5) is 4.79 Å². The van der Waals surface area contributed by atoms with Crippen LogP contribution in [0.3, 0.4) is 0 Å². The molecule has 0 spiro atoms. The van der Waals surface area contributed by atoms with Crippen LogP contribution < -0.4 is 15.8 Å². The van der Waals surface area contributed by atoms with Crippen LogP contribution in [0.1, 0.15) is 37.1 Å². The number of halogens is 2. The lowest BCUT2D eigenvalue weighted by Crippen LogP contribution is -2.38. The van der Waals surface area contributed by atoms with Crippen molar-refractivity contribution in [1.82, 2.24) is 10.6 Å². The van der Waals surface area contributed by atoms with Crippen LogP contribution in [0.15, 0.2) is 47.4 Å². The van der Waals surface area contributed by atoms with E-state index in [1.165, 1.54) is 12.1 Å². The van der Waals surface area contributed by atoms with Crippen molar-refractivity contribution in [1.29, 1.82) is 0 Å². The van der Waals surface area contributed by atoms with Crippen LogP contribution in [0, 0.1) is 0 Å². The lowest BCUT2D eigenvalue weighted by Gasteiger charge is -2.19. The van der Waals surface area contributed by atoms with Crippen molar-refractivity contribution in [2.24, 2.45) is 5.14 Å². The molecule has 0 saturated heterocycles. The number of carbonyl (C=O) groups excluding carboxylic acids is 1. The third-order valence-electron chi connectivity index (χ3n) is 3.83. The Hall–Kier alpha value is -1.80. The highest BCUT2D eigenvalue weighted by Gasteiger charge is 2.16. The monoisotopic (exact) mass is 415 g/mol. The predicted octanol–water partition coefficient (Wildman–Crippen LogP) is 3.76. The van der Waals surface area contributed by atoms with Crippen molar-refractivity contribution >= 4 is 39.3 Å². The van der Waals surface area contributed by atoms with E-state index in [9.17, 15) is 13.2 Å². The summed E-state index contributed by atoms with van der Waals surface area (Å²) in [7, 11) is -3.74. The highest BCUT2D eigenvalue weighted by atomic mass is 35.5. The largest absolute Gasteiger partial charge is 0.332 e. The molecular formula is C17H19Cl2N3O3S. The second kappa shape index (κ2) is 8.26. The standard InChI is InChI=1S/C17H19Cl2N3O3S/c1-10(12-3-6-14(7-4-12)26(20,24)25)21-17(23)22-11(2)15-8-5-13(18)9-16(15)19/h3-11H,1-2H3,(H2,20,24,25)(H2,21,22,23). The summed E-state index contributed by atoms with van der Waals surface area (Å²) >= 11 is 12.0. The third-order valence-corrected chi connectivity index (χ3v) is 5.32. The lowest BCUT2D eigenvalue weighted by atomic mass is 10.1. The lowest BCUT2D eigenvalue weighted by molar-refractivity contribution is 0.235. The first kappa shape index (κ1) is 20.5. The first-order valence-electron chi connectivity index (χ1n) is 7.72. The topological polar surface area (TPSA) is 101 Å². The summed E-state index contributed by atoms with van der Waals surface area (Å²) < 4.78 is 22.6. The van der Waals surface area contributed by atoms with Crippen LogP contribution in [0.5, 0.6) is 0 Å². The number of amides is 2. The minimum atomic E-state index is -3.74. The molecule has 0 radical (unpaired) electrons. The van der Waals surface area contributed by atoms with E-state index >= 15 is 0 Å². The maximum atomic E-state index is 12.2. The van der Waals surface area contributed by atoms with Crippen LogP contribution in [-0.2, 0) is 10.0 Å². The molecule has 26 heavy (non-hydrogen) atoms. The van der Waals surface area contributed by atoms with Gasteiger partial charge in [-0.15, -0.1) is 0 Å². The highest BCUT2D eigenvalue weighted by Crippen LogP contribution is 2.26. The van der Waals surface area contributed by atoms with Gasteiger partial charge in [-0.2, -0.15) is 0 Å². The molecule has 9 heteroatoms. The molecule has 0 fully saturated rings. The molecule has 0 bridgehead atoms. The molecule has 2 amide bonds. The maximum Gasteiger partial charge on any atom is 0.315 e. The van der Waals surface area contributed by atoms with Crippen molar-refractivity contribution in [2.75, 3.05) is 0 Å². The van der Waals surface area contributed by atoms with Gasteiger partial charge in [0.05, 0.1) is 17.0 Å². The number of nitrogens with two attached hydrogens (primary N) is 1. The van der Waals surface area contributed by atoms with Crippen LogP contribution in [-0.4, -0.2) is 14.4 Å². The molecule has 6 nitrogen and oxygen atoms in total. The van der Waals surface area contributed by atoms with E-state index in [2.05, 4.69) is 10.6 Å². The number of hydrogen-bond acceptors (Lipinski definition) is 3. The Kier molecular flexibility index (Phi) is 6.52. The molecule has 0 saturated carbocycles. The molecule has 0 aliphatic heterocycles. The zero-order valence-electron chi connectivity index (χ0n) is 14.2. The number of sulfonamides is 1. The second-order valence-electron chi connectivity index (χ2n) is 5.84. The SMILES string of the molecule is CC(NC(=O)NC(C)c1ccc(Cl)cc1Cl)c1ccc(S(N)(=O)=O)cc1. The summed E-state index contributed by atoms with van der Waals surface area (Å²) in [6, 6.07) is 10.0. The van der Waals surface area contributed by atoms with Gasteiger partial charge in [0.2, 0.25) is 10.0 Å². The van der Waals surface area contributed by atoms with E-state index in [0.29, 0.717) is 10.0 Å². The highest BCUT2D eigenvalue weighted by molar-refractivity contribution is 7.89. The fourth-order valence-corrected chi connectivity index (χ4v) is 3.48. The molecule has 0 aliphatic carbocycles. The van der Waals surface area contributed by atoms with Gasteiger partial charge in [0.25, 0.3) is 0 Å². The molecule has 2 rings (SSSR count). The molecule has 2 atom stereocenters. The van der Waals surface area contributed by atoms with E-state index in [-0.39, 0.29) is 23.0 Å². The van der Waals surface area contributed by atoms with Crippen LogP contribution in [0.25, 0.3) is 0 Å². The van der Waals surface area contributed by atoms with Gasteiger partial charge in [0.15, 0.2) is 0 Å². The number of nitrogens with one attached hydrogen (secondary N) is 2. The molecule has 2 unspecified atom stereocenters. The Morgan fingerprint density at radius 1 is 1.00 bits per heavy atom. The van der Waals surface area contributed by atoms with Crippen molar-refractivity contribution in [3.63, 3.8) is 0 Å². The number of rotatable bonds is 5. The number of carbonyl (C=O) groups is 1. The zero-order valence-corrected chi connectivity index (χ0v) is 16.5. The molecule has 140 valence electrons. The quantitative estimate of drug-likeness (QED) is 0.692. The average molecular weight is 416 g/mol. The number of urea groups is 1. The minimum Gasteiger partial charge on any atom is -0.332 e. The maximum absolute atomic E-state index is 12.2. The van der Waals surface area contributed by atoms with Crippen molar-refractivity contribution in [3.05, 3.63) is 63.6 Å². The predicted molar refractivity (Wildman–Crippen MR) is 103 cm³/mol. The molecule has 0 aromatic heterocycles. The minimum absolute atomic E-state index is 0.0175. The van der Waals surface area contributed by atoms with Gasteiger partial charge in [-0.05, 0) is 49.2 Å². The summed E-state index contributed by atoms with van der Waals surface area (Å²) in [4.78, 5) is 12.2. The van der Waals surface area contributed by atoms with Gasteiger partial charge in [0.1, 0.15) is 0 Å². The Bertz CT molecular complexity index is 902. The molecule has 2 aromatic rings. The third kappa shape index (κ3) is 5.35. The van der Waals surface area contributed by atoms with Gasteiger partial charge in [-0.25, -0.2) is 18.4 Å². The van der Waals surface area contributed by atoms with Crippen molar-refractivity contribution in [3.8, 4) is 0 Å². The smallest absolute Gasteiger partial charge is 0.315 e. The van der Waals surface area contributed by atoms with Gasteiger partial charge < -0.3 is 10.6 Å². The fourth-order valence-electron chi connectivity index (χ4n) is 2.39. The average Bonchev–Trinajstić information content (AvgIpc) is 2.53.